The van der Waals surface area contributed by atoms with Gasteiger partial charge in [-0.25, -0.2) is 0 Å². The summed E-state index contributed by atoms with van der Waals surface area (Å²) in [4.78, 5) is 24.6. The third-order valence-corrected chi connectivity index (χ3v) is 5.86. The van der Waals surface area contributed by atoms with Gasteiger partial charge in [0.25, 0.3) is 5.91 Å². The number of methoxy groups -OCH3 is 1. The maximum atomic E-state index is 12.4. The van der Waals surface area contributed by atoms with E-state index in [0.29, 0.717) is 22.2 Å². The summed E-state index contributed by atoms with van der Waals surface area (Å²) < 4.78 is 7.03. The first kappa shape index (κ1) is 20.9. The van der Waals surface area contributed by atoms with Gasteiger partial charge in [-0.15, -0.1) is 10.2 Å². The summed E-state index contributed by atoms with van der Waals surface area (Å²) in [7, 11) is 3.48. The Morgan fingerprint density at radius 3 is 2.65 bits per heavy atom. The molecule has 1 aromatic heterocycles. The minimum Gasteiger partial charge on any atom is -0.497 e. The molecule has 2 amide bonds. The Labute approximate surface area is 184 Å². The molecule has 1 aliphatic carbocycles. The van der Waals surface area contributed by atoms with Crippen LogP contribution in [0.4, 0.5) is 5.69 Å². The lowest BCUT2D eigenvalue weighted by atomic mass is 10.2. The number of benzene rings is 2. The van der Waals surface area contributed by atoms with Gasteiger partial charge in [-0.05, 0) is 55.3 Å². The van der Waals surface area contributed by atoms with Crippen molar-refractivity contribution in [3.8, 4) is 17.1 Å². The van der Waals surface area contributed by atoms with Gasteiger partial charge in [0, 0.05) is 29.9 Å². The number of nitrogens with zero attached hydrogens (tertiary/aromatic N) is 3. The molecule has 2 N–H and O–H groups in total. The summed E-state index contributed by atoms with van der Waals surface area (Å²) in [5, 5.41) is 14.9. The molecular weight excluding hydrogens is 414 g/mol. The lowest BCUT2D eigenvalue weighted by Crippen LogP contribution is -2.25. The van der Waals surface area contributed by atoms with Crippen molar-refractivity contribution in [2.45, 2.75) is 24.0 Å². The van der Waals surface area contributed by atoms with Crippen molar-refractivity contribution < 1.29 is 14.3 Å². The van der Waals surface area contributed by atoms with Crippen LogP contribution in [-0.2, 0) is 11.8 Å². The number of carbonyl (C=O) groups excluding carboxylic acids is 2. The van der Waals surface area contributed by atoms with Gasteiger partial charge in [0.15, 0.2) is 11.0 Å². The van der Waals surface area contributed by atoms with Crippen LogP contribution in [0, 0.1) is 0 Å². The van der Waals surface area contributed by atoms with Crippen molar-refractivity contribution in [1.82, 2.24) is 20.1 Å². The van der Waals surface area contributed by atoms with Crippen LogP contribution in [0.25, 0.3) is 11.4 Å². The molecule has 0 saturated heterocycles. The highest BCUT2D eigenvalue weighted by Crippen LogP contribution is 2.25. The Morgan fingerprint density at radius 2 is 1.94 bits per heavy atom. The van der Waals surface area contributed by atoms with E-state index in [2.05, 4.69) is 20.8 Å². The van der Waals surface area contributed by atoms with Crippen molar-refractivity contribution in [2.24, 2.45) is 7.05 Å². The van der Waals surface area contributed by atoms with Gasteiger partial charge in [0.2, 0.25) is 5.91 Å². The summed E-state index contributed by atoms with van der Waals surface area (Å²) in [6, 6.07) is 14.8. The van der Waals surface area contributed by atoms with Crippen molar-refractivity contribution in [3.05, 3.63) is 54.1 Å². The molecule has 31 heavy (non-hydrogen) atoms. The van der Waals surface area contributed by atoms with Gasteiger partial charge < -0.3 is 19.9 Å². The van der Waals surface area contributed by atoms with Crippen LogP contribution >= 0.6 is 11.8 Å². The van der Waals surface area contributed by atoms with Crippen molar-refractivity contribution in [2.75, 3.05) is 18.2 Å². The lowest BCUT2D eigenvalue weighted by molar-refractivity contribution is -0.113. The van der Waals surface area contributed by atoms with Gasteiger partial charge in [-0.1, -0.05) is 17.8 Å². The summed E-state index contributed by atoms with van der Waals surface area (Å²) >= 11 is 1.30. The van der Waals surface area contributed by atoms with Crippen LogP contribution in [-0.4, -0.2) is 45.5 Å². The zero-order chi connectivity index (χ0) is 21.8. The fourth-order valence-electron chi connectivity index (χ4n) is 2.99. The topological polar surface area (TPSA) is 98.1 Å². The summed E-state index contributed by atoms with van der Waals surface area (Å²) in [6.07, 6.45) is 2.06. The van der Waals surface area contributed by atoms with Gasteiger partial charge >= 0.3 is 0 Å². The second-order valence-electron chi connectivity index (χ2n) is 7.26. The molecule has 3 aromatic rings. The molecule has 160 valence electrons. The molecule has 1 aliphatic rings. The van der Waals surface area contributed by atoms with Gasteiger partial charge in [-0.3, -0.25) is 9.59 Å². The lowest BCUT2D eigenvalue weighted by Gasteiger charge is -2.08. The number of thioether (sulfide) groups is 1. The molecule has 0 spiro atoms. The second kappa shape index (κ2) is 9.22. The molecule has 2 aromatic carbocycles. The average Bonchev–Trinajstić information content (AvgIpc) is 3.52. The Hall–Kier alpha value is -3.33. The van der Waals surface area contributed by atoms with Crippen LogP contribution in [0.5, 0.6) is 5.75 Å². The maximum Gasteiger partial charge on any atom is 0.251 e. The van der Waals surface area contributed by atoms with Gasteiger partial charge in [0.1, 0.15) is 5.75 Å². The molecule has 9 heteroatoms. The standard InChI is InChI=1S/C22H23N5O3S/c1-27-20(14-6-10-18(30-2)11-7-14)25-26-22(27)31-13-19(28)23-17-5-3-4-15(12-17)21(29)24-16-8-9-16/h3-7,10-12,16H,8-9,13H2,1-2H3,(H,23,28)(H,24,29). The first-order valence-electron chi connectivity index (χ1n) is 9.91. The average molecular weight is 438 g/mol. The minimum atomic E-state index is -0.182. The Balaban J connectivity index is 1.35. The normalized spacial score (nSPS) is 13.0. The monoisotopic (exact) mass is 437 g/mol. The zero-order valence-corrected chi connectivity index (χ0v) is 18.1. The molecule has 1 heterocycles. The predicted molar refractivity (Wildman–Crippen MR) is 119 cm³/mol. The van der Waals surface area contributed by atoms with E-state index in [1.165, 1.54) is 11.8 Å². The van der Waals surface area contributed by atoms with E-state index in [1.807, 2.05) is 35.9 Å². The maximum absolute atomic E-state index is 12.4. The molecule has 1 saturated carbocycles. The fraction of sp³-hybridized carbons (Fsp3) is 0.273. The third-order valence-electron chi connectivity index (χ3n) is 4.84. The van der Waals surface area contributed by atoms with Crippen LogP contribution in [0.2, 0.25) is 0 Å². The fourth-order valence-corrected chi connectivity index (χ4v) is 3.70. The van der Waals surface area contributed by atoms with E-state index < -0.39 is 0 Å². The number of carbonyl (C=O) groups is 2. The van der Waals surface area contributed by atoms with E-state index in [1.54, 1.807) is 31.4 Å². The first-order chi connectivity index (χ1) is 15.0. The quantitative estimate of drug-likeness (QED) is 0.526. The van der Waals surface area contributed by atoms with Crippen molar-refractivity contribution in [3.63, 3.8) is 0 Å². The van der Waals surface area contributed by atoms with E-state index in [9.17, 15) is 9.59 Å². The van der Waals surface area contributed by atoms with Gasteiger partial charge in [-0.2, -0.15) is 0 Å². The Bertz CT molecular complexity index is 1090. The zero-order valence-electron chi connectivity index (χ0n) is 17.3. The van der Waals surface area contributed by atoms with Crippen molar-refractivity contribution in [1.29, 1.82) is 0 Å². The number of hydrogen-bond donors (Lipinski definition) is 2. The van der Waals surface area contributed by atoms with Crippen LogP contribution < -0.4 is 15.4 Å². The highest BCUT2D eigenvalue weighted by molar-refractivity contribution is 7.99. The molecule has 0 radical (unpaired) electrons. The van der Waals surface area contributed by atoms with Crippen molar-refractivity contribution >= 4 is 29.3 Å². The molecule has 0 aliphatic heterocycles. The molecule has 0 atom stereocenters. The molecule has 8 nitrogen and oxygen atoms in total. The highest BCUT2D eigenvalue weighted by atomic mass is 32.2. The van der Waals surface area contributed by atoms with E-state index in [-0.39, 0.29) is 23.6 Å². The summed E-state index contributed by atoms with van der Waals surface area (Å²) in [6.45, 7) is 0. The molecule has 0 bridgehead atoms. The molecular formula is C22H23N5O3S. The number of hydrogen-bond acceptors (Lipinski definition) is 6. The number of aromatic nitrogens is 3. The number of anilines is 1. The van der Waals surface area contributed by atoms with E-state index in [0.717, 1.165) is 24.2 Å². The summed E-state index contributed by atoms with van der Waals surface area (Å²) in [5.41, 5.74) is 2.04. The van der Waals surface area contributed by atoms with Crippen LogP contribution in [0.15, 0.2) is 53.7 Å². The van der Waals surface area contributed by atoms with Crippen LogP contribution in [0.3, 0.4) is 0 Å². The third kappa shape index (κ3) is 5.24. The van der Waals surface area contributed by atoms with E-state index in [4.69, 9.17) is 4.74 Å². The molecule has 0 unspecified atom stereocenters. The number of amides is 2. The SMILES string of the molecule is COc1ccc(-c2nnc(SCC(=O)Nc3cccc(C(=O)NC4CC4)c3)n2C)cc1. The number of ether oxygens (including phenoxy) is 1. The Kier molecular flexibility index (Phi) is 6.22. The molecule has 4 rings (SSSR count). The smallest absolute Gasteiger partial charge is 0.251 e. The van der Waals surface area contributed by atoms with E-state index >= 15 is 0 Å². The Morgan fingerprint density at radius 1 is 1.16 bits per heavy atom. The molecule has 1 fully saturated rings. The summed E-state index contributed by atoms with van der Waals surface area (Å²) in [5.74, 6) is 1.36. The minimum absolute atomic E-state index is 0.113. The first-order valence-corrected chi connectivity index (χ1v) is 10.9. The van der Waals surface area contributed by atoms with Gasteiger partial charge in [0.05, 0.1) is 12.9 Å². The largest absolute Gasteiger partial charge is 0.497 e. The number of nitrogens with one attached hydrogen (secondary N) is 2. The van der Waals surface area contributed by atoms with Crippen LogP contribution in [0.1, 0.15) is 23.2 Å². The predicted octanol–water partition coefficient (Wildman–Crippen LogP) is 3.11. The number of rotatable bonds is 8. The second-order valence-corrected chi connectivity index (χ2v) is 8.20. The highest BCUT2D eigenvalue weighted by Gasteiger charge is 2.23.